The topological polar surface area (TPSA) is 181 Å². The van der Waals surface area contributed by atoms with Crippen LogP contribution in [0.3, 0.4) is 0 Å². The summed E-state index contributed by atoms with van der Waals surface area (Å²) in [5, 5.41) is 30.5. The van der Waals surface area contributed by atoms with Crippen LogP contribution in [-0.4, -0.2) is 38.7 Å². The van der Waals surface area contributed by atoms with E-state index in [-0.39, 0.29) is 17.6 Å². The third-order valence-electron chi connectivity index (χ3n) is 4.61. The number of carboxylic acids is 1. The summed E-state index contributed by atoms with van der Waals surface area (Å²) in [6.45, 7) is 0. The van der Waals surface area contributed by atoms with Gasteiger partial charge in [0.05, 0.1) is 10.6 Å². The summed E-state index contributed by atoms with van der Waals surface area (Å²) in [4.78, 5) is 31.7. The minimum atomic E-state index is -1.50. The predicted octanol–water partition coefficient (Wildman–Crippen LogP) is 1.11. The molecule has 0 amide bonds. The van der Waals surface area contributed by atoms with Crippen molar-refractivity contribution in [1.29, 1.82) is 0 Å². The molecule has 1 aromatic carbocycles. The second-order valence-corrected chi connectivity index (χ2v) is 6.24. The number of hydrogen-bond donors (Lipinski definition) is 4. The number of carbonyl (C=O) groups is 1. The monoisotopic (exact) mass is 362 g/mol. The lowest BCUT2D eigenvalue weighted by Gasteiger charge is -2.45. The Kier molecular flexibility index (Phi) is 4.14. The van der Waals surface area contributed by atoms with Crippen molar-refractivity contribution in [2.75, 3.05) is 4.90 Å². The summed E-state index contributed by atoms with van der Waals surface area (Å²) < 4.78 is 0. The van der Waals surface area contributed by atoms with Crippen molar-refractivity contribution in [2.45, 2.75) is 37.8 Å². The standard InChI is InChI=1S/C15H18N6O5/c16-13-18-14(17)20(15(19-13)4-2-1-3-5-15)8-6-9(12(23)24)11(22)10(7-8)21(25)26/h6-7,22H,1-5H2,(H,23,24)(H4,16,17,18,19). The molecule has 6 N–H and O–H groups in total. The van der Waals surface area contributed by atoms with Gasteiger partial charge in [0.25, 0.3) is 0 Å². The van der Waals surface area contributed by atoms with Crippen LogP contribution in [0, 0.1) is 10.1 Å². The number of carboxylic acid groups (broad SMARTS) is 1. The van der Waals surface area contributed by atoms with E-state index in [4.69, 9.17) is 11.5 Å². The van der Waals surface area contributed by atoms with E-state index < -0.39 is 33.6 Å². The van der Waals surface area contributed by atoms with Crippen LogP contribution < -0.4 is 16.4 Å². The van der Waals surface area contributed by atoms with Gasteiger partial charge >= 0.3 is 11.7 Å². The first-order chi connectivity index (χ1) is 12.2. The van der Waals surface area contributed by atoms with Gasteiger partial charge in [-0.1, -0.05) is 6.42 Å². The van der Waals surface area contributed by atoms with E-state index in [1.54, 1.807) is 0 Å². The number of nitro groups is 1. The number of guanidine groups is 2. The molecule has 26 heavy (non-hydrogen) atoms. The van der Waals surface area contributed by atoms with Crippen LogP contribution in [0.25, 0.3) is 0 Å². The van der Waals surface area contributed by atoms with Gasteiger partial charge in [-0.15, -0.1) is 0 Å². The number of nitrogens with two attached hydrogens (primary N) is 2. The average Bonchev–Trinajstić information content (AvgIpc) is 2.55. The smallest absolute Gasteiger partial charge is 0.339 e. The van der Waals surface area contributed by atoms with Crippen molar-refractivity contribution in [1.82, 2.24) is 0 Å². The molecule has 0 radical (unpaired) electrons. The zero-order valence-electron chi connectivity index (χ0n) is 13.8. The molecule has 0 atom stereocenters. The third kappa shape index (κ3) is 2.76. The Balaban J connectivity index is 2.21. The number of hydrogen-bond acceptors (Lipinski definition) is 9. The van der Waals surface area contributed by atoms with Gasteiger partial charge in [0.2, 0.25) is 17.7 Å². The van der Waals surface area contributed by atoms with Crippen molar-refractivity contribution in [3.05, 3.63) is 27.8 Å². The first-order valence-electron chi connectivity index (χ1n) is 7.99. The molecule has 3 rings (SSSR count). The summed E-state index contributed by atoms with van der Waals surface area (Å²) in [5.41, 5.74) is 9.70. The molecule has 138 valence electrons. The molecule has 1 spiro atoms. The van der Waals surface area contributed by atoms with Gasteiger partial charge in [0.1, 0.15) is 11.2 Å². The molecule has 1 saturated carbocycles. The Morgan fingerprint density at radius 2 is 1.92 bits per heavy atom. The van der Waals surface area contributed by atoms with Crippen molar-refractivity contribution >= 4 is 29.3 Å². The first kappa shape index (κ1) is 17.5. The number of benzene rings is 1. The molecule has 0 aromatic heterocycles. The van der Waals surface area contributed by atoms with E-state index >= 15 is 0 Å². The van der Waals surface area contributed by atoms with E-state index in [1.165, 1.54) is 4.90 Å². The third-order valence-corrected chi connectivity index (χ3v) is 4.61. The molecule has 1 fully saturated rings. The summed E-state index contributed by atoms with van der Waals surface area (Å²) in [7, 11) is 0. The molecule has 1 heterocycles. The fourth-order valence-electron chi connectivity index (χ4n) is 3.53. The fraction of sp³-hybridized carbons (Fsp3) is 0.400. The normalized spacial score (nSPS) is 19.0. The minimum absolute atomic E-state index is 0.00684. The molecule has 2 aliphatic rings. The zero-order chi connectivity index (χ0) is 19.1. The lowest BCUT2D eigenvalue weighted by molar-refractivity contribution is -0.385. The van der Waals surface area contributed by atoms with Crippen LogP contribution in [0.2, 0.25) is 0 Å². The summed E-state index contributed by atoms with van der Waals surface area (Å²) in [6, 6.07) is 2.19. The number of phenols is 1. The van der Waals surface area contributed by atoms with Gasteiger partial charge in [-0.3, -0.25) is 15.0 Å². The van der Waals surface area contributed by atoms with Crippen molar-refractivity contribution < 1.29 is 19.9 Å². The highest BCUT2D eigenvalue weighted by Gasteiger charge is 2.43. The number of aromatic carboxylic acids is 1. The number of aliphatic imine (C=N–C) groups is 2. The van der Waals surface area contributed by atoms with Gasteiger partial charge in [0.15, 0.2) is 0 Å². The summed E-state index contributed by atoms with van der Waals surface area (Å²) in [6.07, 6.45) is 3.85. The maximum Gasteiger partial charge on any atom is 0.339 e. The molecule has 0 saturated heterocycles. The molecule has 11 nitrogen and oxygen atoms in total. The van der Waals surface area contributed by atoms with E-state index in [1.807, 2.05) is 0 Å². The Morgan fingerprint density at radius 3 is 2.50 bits per heavy atom. The van der Waals surface area contributed by atoms with Gasteiger partial charge in [0, 0.05) is 6.07 Å². The highest BCUT2D eigenvalue weighted by molar-refractivity contribution is 6.06. The van der Waals surface area contributed by atoms with E-state index in [0.717, 1.165) is 31.4 Å². The Hall–Kier alpha value is -3.37. The fourth-order valence-corrected chi connectivity index (χ4v) is 3.53. The largest absolute Gasteiger partial charge is 0.501 e. The van der Waals surface area contributed by atoms with E-state index in [0.29, 0.717) is 12.8 Å². The summed E-state index contributed by atoms with van der Waals surface area (Å²) in [5.74, 6) is -2.44. The molecule has 1 aliphatic carbocycles. The van der Waals surface area contributed by atoms with E-state index in [2.05, 4.69) is 9.98 Å². The molecule has 11 heteroatoms. The van der Waals surface area contributed by atoms with Crippen LogP contribution in [0.1, 0.15) is 42.5 Å². The molecular formula is C15H18N6O5. The number of nitrogens with zero attached hydrogens (tertiary/aromatic N) is 4. The predicted molar refractivity (Wildman–Crippen MR) is 93.3 cm³/mol. The Bertz CT molecular complexity index is 808. The lowest BCUT2D eigenvalue weighted by atomic mass is 9.87. The van der Waals surface area contributed by atoms with Gasteiger partial charge in [-0.2, -0.15) is 4.99 Å². The second kappa shape index (κ2) is 6.17. The average molecular weight is 362 g/mol. The van der Waals surface area contributed by atoms with Crippen LogP contribution >= 0.6 is 0 Å². The Labute approximate surface area is 147 Å². The molecule has 0 unspecified atom stereocenters. The zero-order valence-corrected chi connectivity index (χ0v) is 13.8. The maximum absolute atomic E-state index is 11.4. The molecular weight excluding hydrogens is 344 g/mol. The first-order valence-corrected chi connectivity index (χ1v) is 7.99. The molecule has 0 bridgehead atoms. The number of rotatable bonds is 3. The molecule has 1 aliphatic heterocycles. The van der Waals surface area contributed by atoms with Gasteiger partial charge in [-0.25, -0.2) is 9.79 Å². The lowest BCUT2D eigenvalue weighted by Crippen LogP contribution is -2.58. The van der Waals surface area contributed by atoms with Crippen LogP contribution in [0.15, 0.2) is 22.1 Å². The Morgan fingerprint density at radius 1 is 1.27 bits per heavy atom. The van der Waals surface area contributed by atoms with Crippen molar-refractivity contribution in [3.63, 3.8) is 0 Å². The number of anilines is 1. The number of aromatic hydroxyl groups is 1. The maximum atomic E-state index is 11.4. The summed E-state index contributed by atoms with van der Waals surface area (Å²) >= 11 is 0. The highest BCUT2D eigenvalue weighted by atomic mass is 16.6. The quantitative estimate of drug-likeness (QED) is 0.455. The van der Waals surface area contributed by atoms with Crippen LogP contribution in [0.5, 0.6) is 5.75 Å². The van der Waals surface area contributed by atoms with E-state index in [9.17, 15) is 25.1 Å². The second-order valence-electron chi connectivity index (χ2n) is 6.24. The minimum Gasteiger partial charge on any atom is -0.501 e. The highest BCUT2D eigenvalue weighted by Crippen LogP contribution is 2.42. The van der Waals surface area contributed by atoms with Gasteiger partial charge in [-0.05, 0) is 31.7 Å². The molecule has 1 aromatic rings. The van der Waals surface area contributed by atoms with Crippen molar-refractivity contribution in [3.8, 4) is 5.75 Å². The van der Waals surface area contributed by atoms with Crippen molar-refractivity contribution in [2.24, 2.45) is 21.5 Å². The SMILES string of the molecule is NC1=NC2(CCCCC2)N(c2cc(C(=O)O)c(O)c([N+](=O)[O-])c2)C(N)=N1. The van der Waals surface area contributed by atoms with Crippen LogP contribution in [-0.2, 0) is 0 Å². The number of nitro benzene ring substituents is 1. The van der Waals surface area contributed by atoms with Crippen LogP contribution in [0.4, 0.5) is 11.4 Å². The van der Waals surface area contributed by atoms with Gasteiger partial charge < -0.3 is 21.7 Å².